The van der Waals surface area contributed by atoms with Crippen LogP contribution in [-0.2, 0) is 0 Å². The molecule has 0 unspecified atom stereocenters. The molecule has 0 saturated carbocycles. The van der Waals surface area contributed by atoms with Crippen LogP contribution in [0.25, 0.3) is 0 Å². The molecule has 0 aromatic carbocycles. The van der Waals surface area contributed by atoms with Gasteiger partial charge in [0.2, 0.25) is 0 Å². The molecule has 0 aliphatic heterocycles. The summed E-state index contributed by atoms with van der Waals surface area (Å²) in [5, 5.41) is 0. The highest BCUT2D eigenvalue weighted by Gasteiger charge is 1.86. The summed E-state index contributed by atoms with van der Waals surface area (Å²) in [4.78, 5) is 0. The van der Waals surface area contributed by atoms with E-state index in [1.165, 1.54) is 11.1 Å². The van der Waals surface area contributed by atoms with Crippen molar-refractivity contribution in [1.82, 2.24) is 0 Å². The summed E-state index contributed by atoms with van der Waals surface area (Å²) >= 11 is 4.49. The third kappa shape index (κ3) is 3.06. The van der Waals surface area contributed by atoms with Gasteiger partial charge in [0.25, 0.3) is 0 Å². The Hall–Kier alpha value is 0.940. The first-order chi connectivity index (χ1) is 3.72. The van der Waals surface area contributed by atoms with Crippen LogP contribution < -0.4 is 0 Å². The van der Waals surface area contributed by atoms with E-state index in [1.807, 2.05) is 0 Å². The monoisotopic (exact) mass is 334 g/mol. The molecule has 46 valence electrons. The molecule has 0 amide bonds. The molecule has 0 rings (SSSR count). The Balaban J connectivity index is 4.04. The fourth-order valence-corrected chi connectivity index (χ4v) is 1.15. The zero-order valence-electron chi connectivity index (χ0n) is 4.91. The molecular formula is C6H8I2. The molecule has 0 aliphatic carbocycles. The van der Waals surface area contributed by atoms with Gasteiger partial charge >= 0.3 is 0 Å². The Kier molecular flexibility index (Phi) is 5.35. The van der Waals surface area contributed by atoms with Gasteiger partial charge in [0.1, 0.15) is 0 Å². The van der Waals surface area contributed by atoms with Crippen molar-refractivity contribution in [3.05, 3.63) is 19.3 Å². The third-order valence-electron chi connectivity index (χ3n) is 0.949. The first-order valence-electron chi connectivity index (χ1n) is 2.26. The summed E-state index contributed by atoms with van der Waals surface area (Å²) in [6, 6.07) is 0. The topological polar surface area (TPSA) is 0 Å². The Morgan fingerprint density at radius 1 is 1.00 bits per heavy atom. The maximum Gasteiger partial charge on any atom is -0.0202 e. The van der Waals surface area contributed by atoms with E-state index in [4.69, 9.17) is 0 Å². The van der Waals surface area contributed by atoms with Gasteiger partial charge in [-0.3, -0.25) is 0 Å². The summed E-state index contributed by atoms with van der Waals surface area (Å²) in [7, 11) is 0. The highest BCUT2D eigenvalue weighted by Crippen LogP contribution is 2.11. The van der Waals surface area contributed by atoms with E-state index < -0.39 is 0 Å². The van der Waals surface area contributed by atoms with Crippen molar-refractivity contribution in [1.29, 1.82) is 0 Å². The lowest BCUT2D eigenvalue weighted by Gasteiger charge is -1.93. The summed E-state index contributed by atoms with van der Waals surface area (Å²) < 4.78 is 4.17. The predicted octanol–water partition coefficient (Wildman–Crippen LogP) is 3.66. The second-order valence-corrected chi connectivity index (χ2v) is 2.83. The fraction of sp³-hybridized carbons (Fsp3) is 0.333. The second-order valence-electron chi connectivity index (χ2n) is 1.58. The minimum Gasteiger partial charge on any atom is -0.0527 e. The standard InChI is InChI=1S/C6H8I2/c1-5(3-7)6(2)4-8/h3-4H,1-2H3. The van der Waals surface area contributed by atoms with Crippen molar-refractivity contribution in [2.75, 3.05) is 0 Å². The quantitative estimate of drug-likeness (QED) is 0.507. The molecule has 0 saturated heterocycles. The molecule has 8 heavy (non-hydrogen) atoms. The van der Waals surface area contributed by atoms with Crippen LogP contribution in [-0.4, -0.2) is 0 Å². The maximum atomic E-state index is 2.25. The van der Waals surface area contributed by atoms with E-state index in [0.29, 0.717) is 0 Å². The number of halogens is 2. The van der Waals surface area contributed by atoms with Crippen LogP contribution in [0, 0.1) is 0 Å². The maximum absolute atomic E-state index is 2.25. The van der Waals surface area contributed by atoms with E-state index in [1.54, 1.807) is 0 Å². The zero-order chi connectivity index (χ0) is 6.57. The summed E-state index contributed by atoms with van der Waals surface area (Å²) in [6.07, 6.45) is 0. The lowest BCUT2D eigenvalue weighted by atomic mass is 10.2. The van der Waals surface area contributed by atoms with Gasteiger partial charge in [0, 0.05) is 0 Å². The van der Waals surface area contributed by atoms with Crippen LogP contribution in [0.3, 0.4) is 0 Å². The molecule has 0 spiro atoms. The van der Waals surface area contributed by atoms with Crippen LogP contribution in [0.5, 0.6) is 0 Å². The number of hydrogen-bond donors (Lipinski definition) is 0. The van der Waals surface area contributed by atoms with Gasteiger partial charge in [-0.15, -0.1) is 0 Å². The highest BCUT2D eigenvalue weighted by atomic mass is 127. The molecule has 0 nitrogen and oxygen atoms in total. The van der Waals surface area contributed by atoms with Crippen LogP contribution in [0.4, 0.5) is 0 Å². The molecule has 0 aliphatic rings. The zero-order valence-corrected chi connectivity index (χ0v) is 9.23. The van der Waals surface area contributed by atoms with Gasteiger partial charge in [-0.25, -0.2) is 0 Å². The van der Waals surface area contributed by atoms with Crippen molar-refractivity contribution >= 4 is 45.2 Å². The van der Waals surface area contributed by atoms with Gasteiger partial charge in [-0.2, -0.15) is 0 Å². The molecule has 0 aromatic heterocycles. The van der Waals surface area contributed by atoms with Gasteiger partial charge in [-0.05, 0) is 33.2 Å². The van der Waals surface area contributed by atoms with E-state index in [0.717, 1.165) is 0 Å². The number of hydrogen-bond acceptors (Lipinski definition) is 0. The summed E-state index contributed by atoms with van der Waals surface area (Å²) in [5.74, 6) is 0. The largest absolute Gasteiger partial charge is 0.0527 e. The van der Waals surface area contributed by atoms with E-state index >= 15 is 0 Å². The van der Waals surface area contributed by atoms with Crippen molar-refractivity contribution in [3.63, 3.8) is 0 Å². The lowest BCUT2D eigenvalue weighted by molar-refractivity contribution is 1.38. The second kappa shape index (κ2) is 4.78. The minimum atomic E-state index is 1.35. The van der Waals surface area contributed by atoms with Crippen LogP contribution in [0.2, 0.25) is 0 Å². The first kappa shape index (κ1) is 8.94. The van der Waals surface area contributed by atoms with Gasteiger partial charge in [0.05, 0.1) is 0 Å². The molecule has 0 heterocycles. The van der Waals surface area contributed by atoms with Gasteiger partial charge < -0.3 is 0 Å². The average molecular weight is 334 g/mol. The molecule has 0 aromatic rings. The van der Waals surface area contributed by atoms with Crippen molar-refractivity contribution in [2.45, 2.75) is 13.8 Å². The SMILES string of the molecule is CC(=CI)C(C)=CI. The van der Waals surface area contributed by atoms with Crippen molar-refractivity contribution in [3.8, 4) is 0 Å². The molecule has 0 radical (unpaired) electrons. The van der Waals surface area contributed by atoms with Crippen LogP contribution >= 0.6 is 45.2 Å². The highest BCUT2D eigenvalue weighted by molar-refractivity contribution is 14.1. The average Bonchev–Trinajstić information content (AvgIpc) is 1.84. The Morgan fingerprint density at radius 3 is 1.38 bits per heavy atom. The van der Waals surface area contributed by atoms with Gasteiger partial charge in [0.15, 0.2) is 0 Å². The summed E-state index contributed by atoms with van der Waals surface area (Å²) in [6.45, 7) is 4.22. The van der Waals surface area contributed by atoms with E-state index in [9.17, 15) is 0 Å². The number of allylic oxidation sites excluding steroid dienone is 2. The van der Waals surface area contributed by atoms with Gasteiger partial charge in [-0.1, -0.05) is 45.2 Å². The fourth-order valence-electron chi connectivity index (χ4n) is 0.172. The first-order valence-corrected chi connectivity index (χ1v) is 4.76. The minimum absolute atomic E-state index is 1.35. The van der Waals surface area contributed by atoms with E-state index in [2.05, 4.69) is 67.2 Å². The molecule has 0 N–H and O–H groups in total. The molecule has 0 bridgehead atoms. The molecule has 0 atom stereocenters. The molecular weight excluding hydrogens is 326 g/mol. The van der Waals surface area contributed by atoms with Crippen molar-refractivity contribution in [2.24, 2.45) is 0 Å². The molecule has 2 heteroatoms. The number of rotatable bonds is 1. The lowest BCUT2D eigenvalue weighted by Crippen LogP contribution is -1.72. The predicted molar refractivity (Wildman–Crippen MR) is 55.6 cm³/mol. The van der Waals surface area contributed by atoms with Crippen LogP contribution in [0.1, 0.15) is 13.8 Å². The Morgan fingerprint density at radius 2 is 1.25 bits per heavy atom. The van der Waals surface area contributed by atoms with Crippen LogP contribution in [0.15, 0.2) is 19.3 Å². The third-order valence-corrected chi connectivity index (χ3v) is 2.82. The van der Waals surface area contributed by atoms with Crippen molar-refractivity contribution < 1.29 is 0 Å². The van der Waals surface area contributed by atoms with E-state index in [-0.39, 0.29) is 0 Å². The Labute approximate surface area is 77.7 Å². The summed E-state index contributed by atoms with van der Waals surface area (Å²) in [5.41, 5.74) is 2.69. The smallest absolute Gasteiger partial charge is 0.0202 e. The normalized spacial score (nSPS) is 14.5. The Bertz CT molecular complexity index is 106. The molecule has 0 fully saturated rings.